The maximum Gasteiger partial charge on any atom is 0.306 e. The number of hydrogen-bond acceptors (Lipinski definition) is 4. The Morgan fingerprint density at radius 3 is 2.30 bits per heavy atom. The van der Waals surface area contributed by atoms with E-state index in [1.165, 1.54) is 0 Å². The van der Waals surface area contributed by atoms with Crippen molar-refractivity contribution < 1.29 is 19.1 Å². The third-order valence-electron chi connectivity index (χ3n) is 3.46. The Hall–Kier alpha value is -0.900. The Balaban J connectivity index is 4.27. The molecule has 20 heavy (non-hydrogen) atoms. The van der Waals surface area contributed by atoms with Gasteiger partial charge in [-0.2, -0.15) is 0 Å². The highest BCUT2D eigenvalue weighted by atomic mass is 16.5. The maximum atomic E-state index is 12.3. The van der Waals surface area contributed by atoms with Gasteiger partial charge in [0.25, 0.3) is 0 Å². The first-order valence-corrected chi connectivity index (χ1v) is 7.72. The zero-order valence-electron chi connectivity index (χ0n) is 13.7. The molecule has 0 rings (SSSR count). The SMILES string of the molecule is CCCC(C)(OCC)C(=O)CCC(C)CC(=O)OCC. The van der Waals surface area contributed by atoms with Crippen LogP contribution in [0.3, 0.4) is 0 Å². The van der Waals surface area contributed by atoms with Crippen LogP contribution in [0.25, 0.3) is 0 Å². The molecule has 0 aliphatic rings. The van der Waals surface area contributed by atoms with Crippen LogP contribution in [0.15, 0.2) is 0 Å². The minimum Gasteiger partial charge on any atom is -0.466 e. The fraction of sp³-hybridized carbons (Fsp3) is 0.875. The smallest absolute Gasteiger partial charge is 0.306 e. The van der Waals surface area contributed by atoms with Crippen molar-refractivity contribution in [2.24, 2.45) is 5.92 Å². The molecule has 0 fully saturated rings. The third-order valence-corrected chi connectivity index (χ3v) is 3.46. The molecule has 0 amide bonds. The van der Waals surface area contributed by atoms with E-state index in [0.717, 1.165) is 12.8 Å². The van der Waals surface area contributed by atoms with Gasteiger partial charge < -0.3 is 9.47 Å². The highest BCUT2D eigenvalue weighted by molar-refractivity contribution is 5.86. The maximum absolute atomic E-state index is 12.3. The molecule has 118 valence electrons. The molecule has 4 heteroatoms. The van der Waals surface area contributed by atoms with Gasteiger partial charge in [0.2, 0.25) is 0 Å². The second kappa shape index (κ2) is 9.92. The number of esters is 1. The molecule has 0 aliphatic carbocycles. The molecule has 0 bridgehead atoms. The predicted octanol–water partition coefficient (Wildman–Crippen LogP) is 3.52. The molecule has 0 N–H and O–H groups in total. The summed E-state index contributed by atoms with van der Waals surface area (Å²) >= 11 is 0. The largest absolute Gasteiger partial charge is 0.466 e. The number of ether oxygens (including phenoxy) is 2. The van der Waals surface area contributed by atoms with Crippen molar-refractivity contribution in [1.29, 1.82) is 0 Å². The van der Waals surface area contributed by atoms with Gasteiger partial charge in [-0.05, 0) is 39.5 Å². The second-order valence-electron chi connectivity index (χ2n) is 5.49. The van der Waals surface area contributed by atoms with Crippen LogP contribution in [0.4, 0.5) is 0 Å². The van der Waals surface area contributed by atoms with Crippen molar-refractivity contribution in [3.63, 3.8) is 0 Å². The molecule has 0 spiro atoms. The molecule has 2 unspecified atom stereocenters. The molecule has 4 nitrogen and oxygen atoms in total. The van der Waals surface area contributed by atoms with Crippen LogP contribution in [0.2, 0.25) is 0 Å². The Morgan fingerprint density at radius 1 is 1.15 bits per heavy atom. The average Bonchev–Trinajstić information content (AvgIpc) is 2.36. The summed E-state index contributed by atoms with van der Waals surface area (Å²) in [6.45, 7) is 10.5. The van der Waals surface area contributed by atoms with Crippen molar-refractivity contribution in [2.75, 3.05) is 13.2 Å². The lowest BCUT2D eigenvalue weighted by molar-refractivity contribution is -0.145. The van der Waals surface area contributed by atoms with Crippen molar-refractivity contribution in [3.8, 4) is 0 Å². The molecule has 0 saturated carbocycles. The van der Waals surface area contributed by atoms with Gasteiger partial charge in [-0.25, -0.2) is 0 Å². The normalized spacial score (nSPS) is 15.4. The molecule has 0 aliphatic heterocycles. The Bertz CT molecular complexity index is 293. The molecule has 0 aromatic rings. The van der Waals surface area contributed by atoms with Gasteiger partial charge in [0.15, 0.2) is 5.78 Å². The van der Waals surface area contributed by atoms with E-state index >= 15 is 0 Å². The number of ketones is 1. The van der Waals surface area contributed by atoms with Crippen LogP contribution in [-0.4, -0.2) is 30.6 Å². The summed E-state index contributed by atoms with van der Waals surface area (Å²) < 4.78 is 10.6. The lowest BCUT2D eigenvalue weighted by Crippen LogP contribution is -2.38. The molecule has 2 atom stereocenters. The summed E-state index contributed by atoms with van der Waals surface area (Å²) in [5.41, 5.74) is -0.673. The lowest BCUT2D eigenvalue weighted by atomic mass is 9.89. The van der Waals surface area contributed by atoms with Crippen LogP contribution in [0.5, 0.6) is 0 Å². The van der Waals surface area contributed by atoms with E-state index in [4.69, 9.17) is 9.47 Å². The van der Waals surface area contributed by atoms with E-state index in [0.29, 0.717) is 32.5 Å². The molecule has 0 saturated heterocycles. The molecule has 0 aromatic heterocycles. The van der Waals surface area contributed by atoms with E-state index in [1.54, 1.807) is 6.92 Å². The number of carbonyl (C=O) groups is 2. The summed E-state index contributed by atoms with van der Waals surface area (Å²) in [7, 11) is 0. The van der Waals surface area contributed by atoms with E-state index in [9.17, 15) is 9.59 Å². The Labute approximate surface area is 123 Å². The van der Waals surface area contributed by atoms with Gasteiger partial charge in [-0.3, -0.25) is 9.59 Å². The molecular weight excluding hydrogens is 256 g/mol. The quantitative estimate of drug-likeness (QED) is 0.545. The van der Waals surface area contributed by atoms with E-state index in [2.05, 4.69) is 0 Å². The fourth-order valence-electron chi connectivity index (χ4n) is 2.34. The number of carbonyl (C=O) groups excluding carboxylic acids is 2. The van der Waals surface area contributed by atoms with Crippen LogP contribution in [0.1, 0.15) is 66.7 Å². The molecule has 0 aromatic carbocycles. The standard InChI is InChI=1S/C16H30O4/c1-6-11-16(5,20-8-3)14(17)10-9-13(4)12-15(18)19-7-2/h13H,6-12H2,1-5H3. The van der Waals surface area contributed by atoms with E-state index in [-0.39, 0.29) is 17.7 Å². The van der Waals surface area contributed by atoms with Crippen LogP contribution >= 0.6 is 0 Å². The summed E-state index contributed by atoms with van der Waals surface area (Å²) in [5, 5.41) is 0. The third kappa shape index (κ3) is 7.04. The van der Waals surface area contributed by atoms with Crippen LogP contribution < -0.4 is 0 Å². The number of hydrogen-bond donors (Lipinski definition) is 0. The van der Waals surface area contributed by atoms with Gasteiger partial charge in [0.1, 0.15) is 5.60 Å². The highest BCUT2D eigenvalue weighted by Crippen LogP contribution is 2.23. The molecular formula is C16H30O4. The van der Waals surface area contributed by atoms with Crippen molar-refractivity contribution in [3.05, 3.63) is 0 Å². The first-order chi connectivity index (χ1) is 9.39. The Kier molecular flexibility index (Phi) is 9.47. The summed E-state index contributed by atoms with van der Waals surface area (Å²) in [6, 6.07) is 0. The zero-order chi connectivity index (χ0) is 15.6. The van der Waals surface area contributed by atoms with Gasteiger partial charge in [-0.15, -0.1) is 0 Å². The average molecular weight is 286 g/mol. The summed E-state index contributed by atoms with van der Waals surface area (Å²) in [6.07, 6.45) is 3.19. The predicted molar refractivity (Wildman–Crippen MR) is 79.6 cm³/mol. The minimum atomic E-state index is -0.673. The van der Waals surface area contributed by atoms with Crippen LogP contribution in [-0.2, 0) is 19.1 Å². The van der Waals surface area contributed by atoms with Gasteiger partial charge >= 0.3 is 5.97 Å². The second-order valence-corrected chi connectivity index (χ2v) is 5.49. The van der Waals surface area contributed by atoms with E-state index < -0.39 is 5.60 Å². The number of rotatable bonds is 11. The first kappa shape index (κ1) is 19.1. The van der Waals surface area contributed by atoms with Gasteiger partial charge in [0.05, 0.1) is 6.61 Å². The lowest BCUT2D eigenvalue weighted by Gasteiger charge is -2.28. The van der Waals surface area contributed by atoms with Gasteiger partial charge in [0, 0.05) is 19.4 Å². The highest BCUT2D eigenvalue weighted by Gasteiger charge is 2.32. The monoisotopic (exact) mass is 286 g/mol. The zero-order valence-corrected chi connectivity index (χ0v) is 13.7. The number of Topliss-reactive ketones (excluding diaryl/α,β-unsaturated/α-hetero) is 1. The Morgan fingerprint density at radius 2 is 1.80 bits per heavy atom. The molecule has 0 heterocycles. The van der Waals surface area contributed by atoms with Crippen molar-refractivity contribution >= 4 is 11.8 Å². The summed E-state index contributed by atoms with van der Waals surface area (Å²) in [4.78, 5) is 23.7. The fourth-order valence-corrected chi connectivity index (χ4v) is 2.34. The first-order valence-electron chi connectivity index (χ1n) is 7.72. The van der Waals surface area contributed by atoms with Gasteiger partial charge in [-0.1, -0.05) is 20.3 Å². The van der Waals surface area contributed by atoms with Crippen molar-refractivity contribution in [2.45, 2.75) is 72.3 Å². The van der Waals surface area contributed by atoms with E-state index in [1.807, 2.05) is 27.7 Å². The van der Waals surface area contributed by atoms with Crippen LogP contribution in [0, 0.1) is 5.92 Å². The molecule has 0 radical (unpaired) electrons. The van der Waals surface area contributed by atoms with Crippen molar-refractivity contribution in [1.82, 2.24) is 0 Å². The summed E-state index contributed by atoms with van der Waals surface area (Å²) in [5.74, 6) is 0.107. The topological polar surface area (TPSA) is 52.6 Å². The minimum absolute atomic E-state index is 0.136.